The Balaban J connectivity index is 2.10. The van der Waals surface area contributed by atoms with Gasteiger partial charge in [-0.15, -0.1) is 0 Å². The average molecular weight is 185 g/mol. The van der Waals surface area contributed by atoms with Gasteiger partial charge in [0.05, 0.1) is 5.52 Å². The van der Waals surface area contributed by atoms with Crippen molar-refractivity contribution in [2.75, 3.05) is 18.0 Å². The highest BCUT2D eigenvalue weighted by Crippen LogP contribution is 2.20. The van der Waals surface area contributed by atoms with Crippen LogP contribution in [0, 0.1) is 0 Å². The van der Waals surface area contributed by atoms with Gasteiger partial charge in [0.15, 0.2) is 0 Å². The summed E-state index contributed by atoms with van der Waals surface area (Å²) in [5.74, 6) is 1.09. The van der Waals surface area contributed by atoms with Crippen molar-refractivity contribution in [1.29, 1.82) is 0 Å². The Morgan fingerprint density at radius 3 is 2.86 bits per heavy atom. The fourth-order valence-electron chi connectivity index (χ4n) is 1.68. The molecule has 0 N–H and O–H groups in total. The monoisotopic (exact) mass is 185 g/mol. The van der Waals surface area contributed by atoms with Crippen LogP contribution >= 0.6 is 0 Å². The van der Waals surface area contributed by atoms with E-state index in [9.17, 15) is 0 Å². The van der Waals surface area contributed by atoms with Crippen LogP contribution in [0.15, 0.2) is 30.6 Å². The molecule has 3 rings (SSSR count). The normalized spacial score (nSPS) is 15.6. The summed E-state index contributed by atoms with van der Waals surface area (Å²) >= 11 is 0. The van der Waals surface area contributed by atoms with Gasteiger partial charge >= 0.3 is 0 Å². The van der Waals surface area contributed by atoms with E-state index in [0.717, 1.165) is 29.8 Å². The second-order valence-electron chi connectivity index (χ2n) is 3.58. The molecule has 1 fully saturated rings. The number of pyridine rings is 2. The highest BCUT2D eigenvalue weighted by molar-refractivity contribution is 5.79. The lowest BCUT2D eigenvalue weighted by Crippen LogP contribution is -2.37. The lowest BCUT2D eigenvalue weighted by atomic mass is 10.2. The minimum absolute atomic E-state index is 1.03. The molecule has 0 spiro atoms. The molecule has 1 aliphatic rings. The molecular weight excluding hydrogens is 174 g/mol. The zero-order chi connectivity index (χ0) is 9.38. The molecule has 14 heavy (non-hydrogen) atoms. The van der Waals surface area contributed by atoms with E-state index in [1.54, 1.807) is 6.20 Å². The van der Waals surface area contributed by atoms with Crippen LogP contribution in [0.25, 0.3) is 10.9 Å². The second kappa shape index (κ2) is 2.94. The van der Waals surface area contributed by atoms with Gasteiger partial charge in [-0.1, -0.05) is 0 Å². The lowest BCUT2D eigenvalue weighted by molar-refractivity contribution is 0.611. The molecule has 1 saturated heterocycles. The zero-order valence-corrected chi connectivity index (χ0v) is 7.85. The highest BCUT2D eigenvalue weighted by Gasteiger charge is 2.15. The molecule has 0 amide bonds. The smallest absolute Gasteiger partial charge is 0.129 e. The van der Waals surface area contributed by atoms with Crippen molar-refractivity contribution < 1.29 is 0 Å². The molecule has 0 atom stereocenters. The summed E-state index contributed by atoms with van der Waals surface area (Å²) in [5.41, 5.74) is 1.03. The van der Waals surface area contributed by atoms with Crippen molar-refractivity contribution in [3.05, 3.63) is 30.6 Å². The van der Waals surface area contributed by atoms with E-state index in [0.29, 0.717) is 0 Å². The molecular formula is C11H11N3. The summed E-state index contributed by atoms with van der Waals surface area (Å²) < 4.78 is 0. The van der Waals surface area contributed by atoms with Crippen LogP contribution in [0.4, 0.5) is 5.82 Å². The summed E-state index contributed by atoms with van der Waals surface area (Å²) in [4.78, 5) is 10.9. The van der Waals surface area contributed by atoms with Crippen LogP contribution in [-0.4, -0.2) is 23.1 Å². The third-order valence-electron chi connectivity index (χ3n) is 2.65. The lowest BCUT2D eigenvalue weighted by Gasteiger charge is -2.32. The first-order valence-corrected chi connectivity index (χ1v) is 4.89. The van der Waals surface area contributed by atoms with E-state index >= 15 is 0 Å². The molecule has 2 aromatic rings. The fourth-order valence-corrected chi connectivity index (χ4v) is 1.68. The summed E-state index contributed by atoms with van der Waals surface area (Å²) in [6.07, 6.45) is 4.92. The summed E-state index contributed by atoms with van der Waals surface area (Å²) in [7, 11) is 0. The van der Waals surface area contributed by atoms with E-state index in [-0.39, 0.29) is 0 Å². The van der Waals surface area contributed by atoms with E-state index < -0.39 is 0 Å². The first-order chi connectivity index (χ1) is 6.93. The van der Waals surface area contributed by atoms with Crippen molar-refractivity contribution in [3.63, 3.8) is 0 Å². The largest absolute Gasteiger partial charge is 0.356 e. The van der Waals surface area contributed by atoms with Crippen LogP contribution in [0.1, 0.15) is 6.42 Å². The predicted octanol–water partition coefficient (Wildman–Crippen LogP) is 1.84. The Labute approximate surface area is 82.4 Å². The molecule has 1 aliphatic heterocycles. The maximum atomic E-state index is 4.58. The molecule has 0 aliphatic carbocycles. The number of nitrogens with zero attached hydrogens (tertiary/aromatic N) is 3. The molecule has 0 unspecified atom stereocenters. The summed E-state index contributed by atoms with van der Waals surface area (Å²) in [5, 5.41) is 1.11. The Kier molecular flexibility index (Phi) is 1.63. The number of aromatic nitrogens is 2. The fraction of sp³-hybridized carbons (Fsp3) is 0.273. The topological polar surface area (TPSA) is 29.0 Å². The van der Waals surface area contributed by atoms with Crippen LogP contribution in [0.2, 0.25) is 0 Å². The number of rotatable bonds is 1. The third-order valence-corrected chi connectivity index (χ3v) is 2.65. The van der Waals surface area contributed by atoms with E-state index in [1.807, 2.05) is 12.3 Å². The van der Waals surface area contributed by atoms with E-state index in [2.05, 4.69) is 27.0 Å². The summed E-state index contributed by atoms with van der Waals surface area (Å²) in [6.45, 7) is 2.28. The molecule has 0 radical (unpaired) electrons. The van der Waals surface area contributed by atoms with Gasteiger partial charge < -0.3 is 4.90 Å². The van der Waals surface area contributed by atoms with E-state index in [4.69, 9.17) is 0 Å². The van der Waals surface area contributed by atoms with Crippen molar-refractivity contribution in [1.82, 2.24) is 9.97 Å². The minimum Gasteiger partial charge on any atom is -0.356 e. The third kappa shape index (κ3) is 1.13. The maximum Gasteiger partial charge on any atom is 0.129 e. The number of fused-ring (bicyclic) bond motifs is 1. The number of anilines is 1. The molecule has 0 saturated carbocycles. The zero-order valence-electron chi connectivity index (χ0n) is 7.85. The SMILES string of the molecule is c1cc2nc(N3CCC3)ccc2cn1. The maximum absolute atomic E-state index is 4.58. The van der Waals surface area contributed by atoms with Crippen molar-refractivity contribution in [2.24, 2.45) is 0 Å². The molecule has 70 valence electrons. The Bertz CT molecular complexity index is 463. The van der Waals surface area contributed by atoms with Crippen LogP contribution < -0.4 is 4.90 Å². The van der Waals surface area contributed by atoms with Gasteiger partial charge in [-0.2, -0.15) is 0 Å². The predicted molar refractivity (Wildman–Crippen MR) is 56.4 cm³/mol. The van der Waals surface area contributed by atoms with Crippen molar-refractivity contribution in [3.8, 4) is 0 Å². The van der Waals surface area contributed by atoms with Gasteiger partial charge in [0, 0.05) is 30.9 Å². The van der Waals surface area contributed by atoms with Gasteiger partial charge in [-0.25, -0.2) is 4.98 Å². The molecule has 0 bridgehead atoms. The van der Waals surface area contributed by atoms with Gasteiger partial charge in [-0.3, -0.25) is 4.98 Å². The van der Waals surface area contributed by atoms with E-state index in [1.165, 1.54) is 6.42 Å². The molecule has 2 aromatic heterocycles. The van der Waals surface area contributed by atoms with Crippen molar-refractivity contribution in [2.45, 2.75) is 6.42 Å². The Morgan fingerprint density at radius 1 is 1.14 bits per heavy atom. The van der Waals surface area contributed by atoms with Crippen LogP contribution in [0.3, 0.4) is 0 Å². The summed E-state index contributed by atoms with van der Waals surface area (Å²) in [6, 6.07) is 6.12. The Hall–Kier alpha value is -1.64. The van der Waals surface area contributed by atoms with Crippen LogP contribution in [-0.2, 0) is 0 Å². The van der Waals surface area contributed by atoms with Gasteiger partial charge in [-0.05, 0) is 24.6 Å². The second-order valence-corrected chi connectivity index (χ2v) is 3.58. The molecule has 0 aromatic carbocycles. The quantitative estimate of drug-likeness (QED) is 0.678. The first-order valence-electron chi connectivity index (χ1n) is 4.89. The van der Waals surface area contributed by atoms with Crippen molar-refractivity contribution >= 4 is 16.7 Å². The average Bonchev–Trinajstić information content (AvgIpc) is 2.15. The van der Waals surface area contributed by atoms with Gasteiger partial charge in [0.1, 0.15) is 5.82 Å². The standard InChI is InChI=1S/C11H11N3/c1-6-14(7-1)11-3-2-9-8-12-5-4-10(9)13-11/h2-5,8H,1,6-7H2. The minimum atomic E-state index is 1.03. The molecule has 3 heteroatoms. The first kappa shape index (κ1) is 7.74. The number of hydrogen-bond acceptors (Lipinski definition) is 3. The molecule has 3 nitrogen and oxygen atoms in total. The highest BCUT2D eigenvalue weighted by atomic mass is 15.2. The van der Waals surface area contributed by atoms with Gasteiger partial charge in [0.2, 0.25) is 0 Å². The molecule has 3 heterocycles. The van der Waals surface area contributed by atoms with Gasteiger partial charge in [0.25, 0.3) is 0 Å². The van der Waals surface area contributed by atoms with Crippen LogP contribution in [0.5, 0.6) is 0 Å². The number of hydrogen-bond donors (Lipinski definition) is 0. The Morgan fingerprint density at radius 2 is 2.07 bits per heavy atom.